The van der Waals surface area contributed by atoms with Gasteiger partial charge in [-0.2, -0.15) is 0 Å². The van der Waals surface area contributed by atoms with Crippen molar-refractivity contribution in [3.8, 4) is 112 Å². The van der Waals surface area contributed by atoms with Crippen molar-refractivity contribution in [2.75, 3.05) is 0 Å². The van der Waals surface area contributed by atoms with Crippen molar-refractivity contribution in [2.24, 2.45) is 0 Å². The molecule has 0 amide bonds. The number of benzene rings is 22. The molecular weight excluding hydrogens is 1670 g/mol. The van der Waals surface area contributed by atoms with Crippen LogP contribution in [0.25, 0.3) is 243 Å². The first kappa shape index (κ1) is 80.5. The van der Waals surface area contributed by atoms with E-state index in [0.29, 0.717) is 0 Å². The Kier molecular flexibility index (Phi) is 19.9. The Morgan fingerprint density at radius 3 is 0.478 bits per heavy atom. The van der Waals surface area contributed by atoms with Gasteiger partial charge in [-0.3, -0.25) is 0 Å². The molecule has 6 heteroatoms. The Morgan fingerprint density at radius 1 is 0.0797 bits per heavy atom. The summed E-state index contributed by atoms with van der Waals surface area (Å²) in [6, 6.07) is 194. The quantitative estimate of drug-likeness (QED) is 0.110. The number of hydrogen-bond donors (Lipinski definition) is 0. The van der Waals surface area contributed by atoms with Crippen LogP contribution in [0.2, 0.25) is 0 Å². The molecule has 0 fully saturated rings. The van der Waals surface area contributed by atoms with Crippen LogP contribution < -0.4 is 0 Å². The van der Waals surface area contributed by atoms with Gasteiger partial charge in [0.15, 0.2) is 0 Å². The molecular formula is C132H88N6. The van der Waals surface area contributed by atoms with E-state index in [9.17, 15) is 0 Å². The summed E-state index contributed by atoms with van der Waals surface area (Å²) in [6.45, 7) is 0. The van der Waals surface area contributed by atoms with Crippen LogP contribution >= 0.6 is 0 Å². The second-order valence-electron chi connectivity index (χ2n) is 35.9. The van der Waals surface area contributed by atoms with Gasteiger partial charge in [0.25, 0.3) is 0 Å². The number of fused-ring (bicyclic) bond motifs is 18. The van der Waals surface area contributed by atoms with Crippen molar-refractivity contribution < 1.29 is 0 Å². The van der Waals surface area contributed by atoms with E-state index in [4.69, 9.17) is 0 Å². The average Bonchev–Trinajstić information content (AvgIpc) is 1.58. The zero-order chi connectivity index (χ0) is 91.1. The molecule has 0 N–H and O–H groups in total. The zero-order valence-corrected chi connectivity index (χ0v) is 75.5. The minimum absolute atomic E-state index is 1.10. The topological polar surface area (TPSA) is 29.6 Å². The van der Waals surface area contributed by atoms with Crippen molar-refractivity contribution in [3.63, 3.8) is 0 Å². The summed E-state index contributed by atoms with van der Waals surface area (Å²) in [5.74, 6) is 0. The number of rotatable bonds is 13. The third kappa shape index (κ3) is 14.0. The lowest BCUT2D eigenvalue weighted by Gasteiger charge is -2.17. The van der Waals surface area contributed by atoms with Gasteiger partial charge in [0.1, 0.15) is 0 Å². The first-order valence-corrected chi connectivity index (χ1v) is 47.4. The number of aromatic nitrogens is 6. The van der Waals surface area contributed by atoms with Gasteiger partial charge in [0.2, 0.25) is 0 Å². The van der Waals surface area contributed by atoms with E-state index in [-0.39, 0.29) is 0 Å². The maximum atomic E-state index is 2.48. The van der Waals surface area contributed by atoms with E-state index in [0.717, 1.165) is 44.7 Å². The molecule has 646 valence electrons. The van der Waals surface area contributed by atoms with Crippen molar-refractivity contribution >= 4 is 131 Å². The lowest BCUT2D eigenvalue weighted by molar-refractivity contribution is 1.17. The molecule has 6 nitrogen and oxygen atoms in total. The van der Waals surface area contributed by atoms with Crippen LogP contribution in [0, 0.1) is 0 Å². The van der Waals surface area contributed by atoms with Gasteiger partial charge in [0, 0.05) is 98.8 Å². The summed E-state index contributed by atoms with van der Waals surface area (Å²) in [4.78, 5) is 0. The molecule has 0 atom stereocenters. The Bertz CT molecular complexity index is 9130. The minimum Gasteiger partial charge on any atom is -0.309 e. The first-order chi connectivity index (χ1) is 68.5. The van der Waals surface area contributed by atoms with Crippen molar-refractivity contribution in [1.82, 2.24) is 27.4 Å². The monoisotopic (exact) mass is 1760 g/mol. The fourth-order valence-corrected chi connectivity index (χ4v) is 21.6. The normalized spacial score (nSPS) is 11.6. The molecule has 0 aliphatic rings. The third-order valence-corrected chi connectivity index (χ3v) is 27.9. The van der Waals surface area contributed by atoms with Crippen LogP contribution in [0.5, 0.6) is 0 Å². The number of para-hydroxylation sites is 10. The first-order valence-electron chi connectivity index (χ1n) is 47.4. The maximum absolute atomic E-state index is 2.48. The Hall–Kier alpha value is -18.4. The molecule has 0 radical (unpaired) electrons. The summed E-state index contributed by atoms with van der Waals surface area (Å²) in [6.07, 6.45) is 0. The van der Waals surface area contributed by atoms with Gasteiger partial charge >= 0.3 is 0 Å². The lowest BCUT2D eigenvalue weighted by Crippen LogP contribution is -1.97. The molecule has 0 bridgehead atoms. The number of hydrogen-bond acceptors (Lipinski definition) is 0. The van der Waals surface area contributed by atoms with E-state index in [2.05, 4.69) is 561 Å². The molecule has 0 spiro atoms. The average molecular weight is 1760 g/mol. The van der Waals surface area contributed by atoms with Crippen LogP contribution in [0.3, 0.4) is 0 Å². The molecule has 6 heterocycles. The lowest BCUT2D eigenvalue weighted by atomic mass is 9.90. The summed E-state index contributed by atoms with van der Waals surface area (Å²) >= 11 is 0. The molecule has 0 aliphatic carbocycles. The highest BCUT2D eigenvalue weighted by molar-refractivity contribution is 6.17. The van der Waals surface area contributed by atoms with Crippen LogP contribution in [0.15, 0.2) is 534 Å². The largest absolute Gasteiger partial charge is 0.309 e. The van der Waals surface area contributed by atoms with E-state index >= 15 is 0 Å². The highest BCUT2D eigenvalue weighted by atomic mass is 15.0. The molecule has 0 unspecified atom stereocenters. The van der Waals surface area contributed by atoms with Crippen LogP contribution in [-0.2, 0) is 0 Å². The van der Waals surface area contributed by atoms with Crippen LogP contribution in [-0.4, -0.2) is 27.4 Å². The predicted molar refractivity (Wildman–Crippen MR) is 583 cm³/mol. The molecule has 0 saturated heterocycles. The summed E-state index contributed by atoms with van der Waals surface area (Å²) in [5, 5.41) is 15.1. The van der Waals surface area contributed by atoms with Crippen molar-refractivity contribution in [2.45, 2.75) is 0 Å². The Morgan fingerprint density at radius 2 is 0.232 bits per heavy atom. The third-order valence-electron chi connectivity index (χ3n) is 27.9. The molecule has 6 aromatic heterocycles. The van der Waals surface area contributed by atoms with Crippen LogP contribution in [0.4, 0.5) is 0 Å². The number of nitrogens with zero attached hydrogens (tertiary/aromatic N) is 6. The van der Waals surface area contributed by atoms with E-state index < -0.39 is 0 Å². The standard InChI is InChI=1S/C66H44N2.C36H24N2.C30H20N2/c1-5-19-45(20-6-1)49-35-50(46-21-7-2-8-22-46)38-53(37-49)55-41-56(54-39-51(47-23-9-3-10-24-47)36-52(40-54)48-25-11-4-12-26-48)43-58(42-55)68-65-32-18-15-29-61(65)62-44-57(33-34-66(62)68)67-63-30-16-13-27-59(63)60-28-14-17-31-64(60)67;1-2-10-25(11-3-1)26-18-20-27(21-19-26)37-35-17-9-6-14-31(35)32-24-28(22-23-36(32)37)38-33-15-7-4-12-29(33)30-13-5-8-16-34(30)38;1-2-10-21(11-3-1)31-29-17-9-6-14-25(29)26-20-22(18-19-30(26)31)32-27-15-7-4-12-23(27)24-13-5-8-16-28(24)32/h1-44H;1-24H;1-20H. The minimum atomic E-state index is 1.10. The molecule has 0 saturated carbocycles. The molecule has 138 heavy (non-hydrogen) atoms. The highest BCUT2D eigenvalue weighted by Crippen LogP contribution is 2.46. The van der Waals surface area contributed by atoms with Gasteiger partial charge in [-0.1, -0.05) is 346 Å². The highest BCUT2D eigenvalue weighted by Gasteiger charge is 2.24. The van der Waals surface area contributed by atoms with Gasteiger partial charge in [-0.25, -0.2) is 0 Å². The summed E-state index contributed by atoms with van der Waals surface area (Å²) in [7, 11) is 0. The maximum Gasteiger partial charge on any atom is 0.0542 e. The summed E-state index contributed by atoms with van der Waals surface area (Å²) in [5.41, 5.74) is 38.0. The molecule has 0 aliphatic heterocycles. The van der Waals surface area contributed by atoms with Gasteiger partial charge in [0.05, 0.1) is 66.2 Å². The fourth-order valence-electron chi connectivity index (χ4n) is 21.6. The molecule has 28 aromatic rings. The molecule has 22 aromatic carbocycles. The van der Waals surface area contributed by atoms with Crippen molar-refractivity contribution in [1.29, 1.82) is 0 Å². The Labute approximate surface area is 798 Å². The smallest absolute Gasteiger partial charge is 0.0542 e. The van der Waals surface area contributed by atoms with Gasteiger partial charge in [-0.15, -0.1) is 0 Å². The predicted octanol–water partition coefficient (Wildman–Crippen LogP) is 35.3. The fraction of sp³-hybridized carbons (Fsp3) is 0. The van der Waals surface area contributed by atoms with Crippen LogP contribution in [0.1, 0.15) is 0 Å². The van der Waals surface area contributed by atoms with Crippen molar-refractivity contribution in [3.05, 3.63) is 534 Å². The van der Waals surface area contributed by atoms with Gasteiger partial charge < -0.3 is 27.4 Å². The SMILES string of the molecule is c1ccc(-c2cc(-c3ccccc3)cc(-c3cc(-c4cc(-c5ccccc5)cc(-c5ccccc5)c4)cc(-n4c5ccccc5c5cc(-n6c7ccccc7c7ccccc76)ccc54)c3)c2)cc1.c1ccc(-c2ccc(-n3c4ccccc4c4cc(-n5c6ccccc6c6ccccc65)ccc43)cc2)cc1.c1ccc(-n2c3ccccc3c3cc(-n4c5ccccc5c5ccccc54)ccc32)cc1. The second kappa shape index (κ2) is 34.0. The Balaban J connectivity index is 0.000000118. The molecule has 28 rings (SSSR count). The van der Waals surface area contributed by atoms with E-state index in [1.807, 2.05) is 0 Å². The second-order valence-corrected chi connectivity index (χ2v) is 35.9. The summed E-state index contributed by atoms with van der Waals surface area (Å²) < 4.78 is 14.4. The van der Waals surface area contributed by atoms with Gasteiger partial charge in [-0.05, 0) is 266 Å². The zero-order valence-electron chi connectivity index (χ0n) is 75.5. The van der Waals surface area contributed by atoms with E-state index in [1.165, 1.54) is 198 Å². The van der Waals surface area contributed by atoms with E-state index in [1.54, 1.807) is 0 Å².